The quantitative estimate of drug-likeness (QED) is 0.131. The van der Waals surface area contributed by atoms with E-state index in [0.29, 0.717) is 0 Å². The normalized spacial score (nSPS) is 12.1. The van der Waals surface area contributed by atoms with Crippen molar-refractivity contribution in [2.45, 2.75) is 20.0 Å². The molecule has 0 aliphatic carbocycles. The van der Waals surface area contributed by atoms with E-state index in [1.54, 1.807) is 10.4 Å². The molecule has 1 radical (unpaired) electrons. The topological polar surface area (TPSA) is 25.8 Å². The summed E-state index contributed by atoms with van der Waals surface area (Å²) in [7, 11) is -1.77. The molecular weight excluding hydrogens is 765 g/mol. The van der Waals surface area contributed by atoms with Crippen LogP contribution in [0.5, 0.6) is 0 Å². The van der Waals surface area contributed by atoms with E-state index in [-0.39, 0.29) is 20.1 Å². The molecule has 5 aromatic carbocycles. The van der Waals surface area contributed by atoms with Crippen LogP contribution in [-0.4, -0.2) is 18.0 Å². The van der Waals surface area contributed by atoms with Gasteiger partial charge in [-0.25, -0.2) is 0 Å². The Morgan fingerprint density at radius 3 is 2.02 bits per heavy atom. The second-order valence-corrected chi connectivity index (χ2v) is 16.4. The van der Waals surface area contributed by atoms with Crippen LogP contribution in [0.4, 0.5) is 0 Å². The van der Waals surface area contributed by atoms with Crippen molar-refractivity contribution in [3.63, 3.8) is 0 Å². The van der Waals surface area contributed by atoms with Crippen LogP contribution in [0.3, 0.4) is 0 Å². The van der Waals surface area contributed by atoms with E-state index in [4.69, 9.17) is 0 Å². The van der Waals surface area contributed by atoms with Crippen molar-refractivity contribution in [3.05, 3.63) is 170 Å². The van der Waals surface area contributed by atoms with Crippen LogP contribution < -0.4 is 10.4 Å². The second kappa shape index (κ2) is 13.9. The fourth-order valence-corrected chi connectivity index (χ4v) is 9.98. The molecule has 0 N–H and O–H groups in total. The Morgan fingerprint density at radius 1 is 0.532 bits per heavy atom. The van der Waals surface area contributed by atoms with Crippen molar-refractivity contribution in [2.75, 3.05) is 0 Å². The summed E-state index contributed by atoms with van der Waals surface area (Å²) < 4.78 is 0. The third-order valence-electron chi connectivity index (χ3n) is 8.70. The number of rotatable bonds is 4. The van der Waals surface area contributed by atoms with E-state index in [0.717, 1.165) is 28.2 Å². The van der Waals surface area contributed by atoms with Gasteiger partial charge in [0.2, 0.25) is 0 Å². The molecule has 2 aromatic heterocycles. The average molecular weight is 799 g/mol. The Labute approximate surface area is 292 Å². The van der Waals surface area contributed by atoms with Gasteiger partial charge in [0.15, 0.2) is 0 Å². The second-order valence-electron chi connectivity index (χ2n) is 12.1. The molecular formula is C43H34IrN2Si-2. The zero-order valence-corrected chi connectivity index (χ0v) is 30.1. The smallest absolute Gasteiger partial charge is 0.114 e. The zero-order valence-electron chi connectivity index (χ0n) is 26.7. The molecule has 0 amide bonds. The molecule has 7 aromatic rings. The molecule has 0 bridgehead atoms. The van der Waals surface area contributed by atoms with Gasteiger partial charge in [0.05, 0.1) is 0 Å². The van der Waals surface area contributed by atoms with Crippen molar-refractivity contribution in [3.8, 4) is 55.9 Å². The van der Waals surface area contributed by atoms with Gasteiger partial charge in [0, 0.05) is 32.0 Å². The van der Waals surface area contributed by atoms with E-state index in [1.165, 1.54) is 33.4 Å². The predicted octanol–water partition coefficient (Wildman–Crippen LogP) is 9.54. The van der Waals surface area contributed by atoms with Crippen molar-refractivity contribution in [2.24, 2.45) is 0 Å². The molecule has 0 saturated heterocycles. The molecule has 8 rings (SSSR count). The minimum absolute atomic E-state index is 0. The van der Waals surface area contributed by atoms with Gasteiger partial charge in [-0.15, -0.1) is 71.3 Å². The van der Waals surface area contributed by atoms with E-state index in [9.17, 15) is 0 Å². The number of benzene rings is 5. The predicted molar refractivity (Wildman–Crippen MR) is 195 cm³/mol. The molecule has 2 nitrogen and oxygen atoms in total. The summed E-state index contributed by atoms with van der Waals surface area (Å²) in [5.74, 6) is 0. The van der Waals surface area contributed by atoms with Crippen molar-refractivity contribution in [1.82, 2.24) is 9.97 Å². The van der Waals surface area contributed by atoms with E-state index >= 15 is 0 Å². The van der Waals surface area contributed by atoms with E-state index < -0.39 is 8.07 Å². The number of hydrogen-bond donors (Lipinski definition) is 0. The number of hydrogen-bond acceptors (Lipinski definition) is 2. The van der Waals surface area contributed by atoms with Crippen LogP contribution in [0.2, 0.25) is 13.1 Å². The minimum atomic E-state index is -1.77. The molecule has 1 aliphatic rings. The molecule has 47 heavy (non-hydrogen) atoms. The molecule has 0 atom stereocenters. The summed E-state index contributed by atoms with van der Waals surface area (Å²) in [5, 5.41) is 3.10. The number of fused-ring (bicyclic) bond motifs is 3. The van der Waals surface area contributed by atoms with Crippen LogP contribution in [0, 0.1) is 19.1 Å². The minimum Gasteiger partial charge on any atom is -0.305 e. The van der Waals surface area contributed by atoms with E-state index in [2.05, 4.69) is 114 Å². The number of aromatic nitrogens is 2. The molecule has 231 valence electrons. The van der Waals surface area contributed by atoms with Gasteiger partial charge < -0.3 is 9.97 Å². The van der Waals surface area contributed by atoms with Crippen molar-refractivity contribution < 1.29 is 20.1 Å². The maximum Gasteiger partial charge on any atom is 0.114 e. The Kier molecular flexibility index (Phi) is 9.56. The van der Waals surface area contributed by atoms with Gasteiger partial charge in [-0.05, 0) is 74.7 Å². The van der Waals surface area contributed by atoms with Gasteiger partial charge in [0.1, 0.15) is 8.07 Å². The SMILES string of the molecule is C[Si]1(C)c2ccccc2-c2cccc(-c3cccc(-c4cc[c-]c(-c5ccccn5)c4)c3)c21.Cc1cccc(-c2[c-]cccc2)n1.[Ir]. The largest absolute Gasteiger partial charge is 0.305 e. The van der Waals surface area contributed by atoms with Gasteiger partial charge >= 0.3 is 0 Å². The summed E-state index contributed by atoms with van der Waals surface area (Å²) in [6, 6.07) is 57.4. The molecule has 0 fully saturated rings. The summed E-state index contributed by atoms with van der Waals surface area (Å²) in [5.41, 5.74) is 12.9. The average Bonchev–Trinajstić information content (AvgIpc) is 3.36. The maximum atomic E-state index is 4.50. The Bertz CT molecular complexity index is 2140. The fraction of sp³-hybridized carbons (Fsp3) is 0.0698. The summed E-state index contributed by atoms with van der Waals surface area (Å²) in [6.45, 7) is 6.96. The van der Waals surface area contributed by atoms with E-state index in [1.807, 2.05) is 79.9 Å². The number of aryl methyl sites for hydroxylation is 1. The van der Waals surface area contributed by atoms with Crippen LogP contribution in [0.1, 0.15) is 5.69 Å². The third-order valence-corrected chi connectivity index (χ3v) is 12.3. The van der Waals surface area contributed by atoms with Gasteiger partial charge in [-0.1, -0.05) is 98.0 Å². The third kappa shape index (κ3) is 6.59. The first kappa shape index (κ1) is 32.2. The molecule has 0 spiro atoms. The number of pyridine rings is 2. The Hall–Kier alpha value is -4.73. The first-order chi connectivity index (χ1) is 22.5. The van der Waals surface area contributed by atoms with Crippen LogP contribution in [0.15, 0.2) is 152 Å². The fourth-order valence-electron chi connectivity index (χ4n) is 6.52. The summed E-state index contributed by atoms with van der Waals surface area (Å²) in [6.07, 6.45) is 1.83. The zero-order chi connectivity index (χ0) is 31.5. The number of nitrogens with zero attached hydrogens (tertiary/aromatic N) is 2. The Morgan fingerprint density at radius 2 is 1.21 bits per heavy atom. The molecule has 3 heterocycles. The van der Waals surface area contributed by atoms with Gasteiger partial charge in [-0.2, -0.15) is 0 Å². The van der Waals surface area contributed by atoms with Crippen LogP contribution in [-0.2, 0) is 20.1 Å². The Balaban J connectivity index is 0.000000232. The first-order valence-electron chi connectivity index (χ1n) is 15.7. The summed E-state index contributed by atoms with van der Waals surface area (Å²) in [4.78, 5) is 8.91. The maximum absolute atomic E-state index is 4.50. The molecule has 4 heteroatoms. The summed E-state index contributed by atoms with van der Waals surface area (Å²) >= 11 is 0. The van der Waals surface area contributed by atoms with Crippen molar-refractivity contribution in [1.29, 1.82) is 0 Å². The first-order valence-corrected chi connectivity index (χ1v) is 18.7. The van der Waals surface area contributed by atoms with Crippen molar-refractivity contribution >= 4 is 18.4 Å². The van der Waals surface area contributed by atoms with Gasteiger partial charge in [0.25, 0.3) is 0 Å². The van der Waals surface area contributed by atoms with Crippen LogP contribution >= 0.6 is 0 Å². The van der Waals surface area contributed by atoms with Crippen LogP contribution in [0.25, 0.3) is 55.9 Å². The molecule has 0 saturated carbocycles. The van der Waals surface area contributed by atoms with Gasteiger partial charge in [-0.3, -0.25) is 0 Å². The monoisotopic (exact) mass is 799 g/mol. The standard InChI is InChI=1S/C31H24NSi.C12H10N.Ir/c1-33(2)30-18-4-3-14-27(30)28-16-9-15-26(31(28)33)24-12-7-10-22(20-24)23-11-8-13-25(21-23)29-17-5-6-19-32-29;1-10-6-5-9-12(13-10)11-7-3-2-4-8-11;/h3-12,14-21H,1-2H3;2-7,9H,1H3;/q2*-1;. The molecule has 1 aliphatic heterocycles. The molecule has 0 unspecified atom stereocenters.